The minimum atomic E-state index is -0.552. The van der Waals surface area contributed by atoms with E-state index >= 15 is 0 Å². The van der Waals surface area contributed by atoms with Gasteiger partial charge in [-0.2, -0.15) is 0 Å². The molecule has 1 heterocycles. The third kappa shape index (κ3) is 5.16. The first kappa shape index (κ1) is 25.2. The molecule has 4 nitrogen and oxygen atoms in total. The highest BCUT2D eigenvalue weighted by molar-refractivity contribution is 5.95. The summed E-state index contributed by atoms with van der Waals surface area (Å²) in [6.07, 6.45) is 6.26. The minimum Gasteiger partial charge on any atom is -0.494 e. The van der Waals surface area contributed by atoms with Gasteiger partial charge in [-0.3, -0.25) is 4.79 Å². The largest absolute Gasteiger partial charge is 0.494 e. The van der Waals surface area contributed by atoms with Crippen molar-refractivity contribution in [2.75, 3.05) is 6.61 Å². The zero-order chi connectivity index (χ0) is 26.2. The van der Waals surface area contributed by atoms with Gasteiger partial charge in [0.1, 0.15) is 11.3 Å². The fourth-order valence-corrected chi connectivity index (χ4v) is 5.05. The Hall–Kier alpha value is -4.44. The van der Waals surface area contributed by atoms with Crippen LogP contribution in [0.5, 0.6) is 5.75 Å². The van der Waals surface area contributed by atoms with Crippen molar-refractivity contribution in [1.82, 2.24) is 9.55 Å². The number of hydrogen-bond acceptors (Lipinski definition) is 3. The van der Waals surface area contributed by atoms with Crippen molar-refractivity contribution in [2.45, 2.75) is 31.7 Å². The number of Topliss-reactive ketones (excluding diaryl/α,β-unsaturated/α-hetero) is 1. The van der Waals surface area contributed by atoms with E-state index in [0.717, 1.165) is 29.8 Å². The molecule has 0 saturated heterocycles. The van der Waals surface area contributed by atoms with Crippen molar-refractivity contribution in [3.8, 4) is 5.75 Å². The van der Waals surface area contributed by atoms with Crippen molar-refractivity contribution in [3.05, 3.63) is 156 Å². The average molecular weight is 501 g/mol. The first-order valence-electron chi connectivity index (χ1n) is 13.2. The molecule has 0 atom stereocenters. The number of benzene rings is 4. The highest BCUT2D eigenvalue weighted by Gasteiger charge is 2.38. The Labute approximate surface area is 224 Å². The molecule has 0 unspecified atom stereocenters. The number of rotatable bonds is 11. The van der Waals surface area contributed by atoms with Crippen LogP contribution in [-0.2, 0) is 12.0 Å². The molecule has 38 heavy (non-hydrogen) atoms. The van der Waals surface area contributed by atoms with Crippen LogP contribution in [-0.4, -0.2) is 21.9 Å². The van der Waals surface area contributed by atoms with Gasteiger partial charge in [-0.25, -0.2) is 4.98 Å². The van der Waals surface area contributed by atoms with Crippen LogP contribution >= 0.6 is 0 Å². The second kappa shape index (κ2) is 11.7. The van der Waals surface area contributed by atoms with E-state index in [1.165, 1.54) is 16.7 Å². The van der Waals surface area contributed by atoms with Crippen LogP contribution in [0.1, 0.15) is 52.5 Å². The van der Waals surface area contributed by atoms with Gasteiger partial charge in [0.15, 0.2) is 5.78 Å². The molecule has 0 aliphatic carbocycles. The number of aryl methyl sites for hydroxylation is 1. The zero-order valence-electron chi connectivity index (χ0n) is 21.7. The Bertz CT molecular complexity index is 1350. The van der Waals surface area contributed by atoms with E-state index < -0.39 is 5.54 Å². The summed E-state index contributed by atoms with van der Waals surface area (Å²) in [4.78, 5) is 16.6. The molecule has 5 rings (SSSR count). The molecule has 0 radical (unpaired) electrons. The molecule has 0 saturated carbocycles. The molecule has 0 fully saturated rings. The van der Waals surface area contributed by atoms with Gasteiger partial charge in [0.25, 0.3) is 0 Å². The number of aromatic nitrogens is 2. The Kier molecular flexibility index (Phi) is 7.79. The number of imidazole rings is 1. The molecule has 4 heteroatoms. The van der Waals surface area contributed by atoms with Gasteiger partial charge in [0.2, 0.25) is 0 Å². The molecule has 0 aliphatic rings. The van der Waals surface area contributed by atoms with E-state index in [2.05, 4.69) is 102 Å². The Morgan fingerprint density at radius 1 is 0.763 bits per heavy atom. The topological polar surface area (TPSA) is 44.1 Å². The van der Waals surface area contributed by atoms with E-state index in [1.54, 1.807) is 0 Å². The molecular formula is C34H32N2O2. The van der Waals surface area contributed by atoms with Crippen LogP contribution < -0.4 is 4.74 Å². The smallest absolute Gasteiger partial charge is 0.162 e. The Balaban J connectivity index is 1.39. The zero-order valence-corrected chi connectivity index (χ0v) is 21.7. The van der Waals surface area contributed by atoms with Crippen LogP contribution in [0.25, 0.3) is 0 Å². The maximum absolute atomic E-state index is 11.8. The standard InChI is InChI=1S/C34H32N2O2/c1-2-33(37)27-20-22-32(23-21-27)38-24-12-19-31-25-36(26-35-31)34(28-13-6-3-7-14-28,29-15-8-4-9-16-29)30-17-10-5-11-18-30/h3-11,13-18,20-23,25-26H,2,12,19,24H2,1H3. The molecule has 1 aromatic heterocycles. The van der Waals surface area contributed by atoms with Gasteiger partial charge in [-0.15, -0.1) is 0 Å². The summed E-state index contributed by atoms with van der Waals surface area (Å²) in [6, 6.07) is 39.2. The van der Waals surface area contributed by atoms with Gasteiger partial charge >= 0.3 is 0 Å². The van der Waals surface area contributed by atoms with Crippen LogP contribution in [0.2, 0.25) is 0 Å². The van der Waals surface area contributed by atoms with Gasteiger partial charge in [-0.1, -0.05) is 97.9 Å². The van der Waals surface area contributed by atoms with Crippen molar-refractivity contribution in [2.24, 2.45) is 0 Å². The number of carbonyl (C=O) groups is 1. The number of ether oxygens (including phenoxy) is 1. The number of hydrogen-bond donors (Lipinski definition) is 0. The molecular weight excluding hydrogens is 468 g/mol. The molecule has 4 aromatic carbocycles. The van der Waals surface area contributed by atoms with Gasteiger partial charge in [-0.05, 0) is 53.8 Å². The predicted octanol–water partition coefficient (Wildman–Crippen LogP) is 7.33. The fourth-order valence-electron chi connectivity index (χ4n) is 5.05. The van der Waals surface area contributed by atoms with Gasteiger partial charge < -0.3 is 9.30 Å². The molecule has 0 amide bonds. The minimum absolute atomic E-state index is 0.143. The predicted molar refractivity (Wildman–Crippen MR) is 152 cm³/mol. The summed E-state index contributed by atoms with van der Waals surface area (Å²) in [5.41, 5.74) is 4.72. The molecule has 0 bridgehead atoms. The van der Waals surface area contributed by atoms with E-state index in [4.69, 9.17) is 9.72 Å². The monoisotopic (exact) mass is 500 g/mol. The summed E-state index contributed by atoms with van der Waals surface area (Å²) in [5, 5.41) is 0. The first-order valence-corrected chi connectivity index (χ1v) is 13.2. The highest BCUT2D eigenvalue weighted by atomic mass is 16.5. The van der Waals surface area contributed by atoms with Crippen molar-refractivity contribution < 1.29 is 9.53 Å². The van der Waals surface area contributed by atoms with Gasteiger partial charge in [0, 0.05) is 18.2 Å². The Morgan fingerprint density at radius 3 is 1.79 bits per heavy atom. The summed E-state index contributed by atoms with van der Waals surface area (Å²) in [5.74, 6) is 0.921. The van der Waals surface area contributed by atoms with Crippen LogP contribution in [0, 0.1) is 0 Å². The third-order valence-electron chi connectivity index (χ3n) is 6.94. The molecule has 190 valence electrons. The Morgan fingerprint density at radius 2 is 1.29 bits per heavy atom. The van der Waals surface area contributed by atoms with Crippen LogP contribution in [0.4, 0.5) is 0 Å². The number of nitrogens with zero attached hydrogens (tertiary/aromatic N) is 2. The fraction of sp³-hybridized carbons (Fsp3) is 0.176. The quantitative estimate of drug-likeness (QED) is 0.108. The van der Waals surface area contributed by atoms with E-state index in [-0.39, 0.29) is 5.78 Å². The maximum atomic E-state index is 11.8. The number of carbonyl (C=O) groups excluding carboxylic acids is 1. The second-order valence-electron chi connectivity index (χ2n) is 9.33. The lowest BCUT2D eigenvalue weighted by Crippen LogP contribution is -2.36. The molecule has 0 spiro atoms. The SMILES string of the molecule is CCC(=O)c1ccc(OCCCc2cn(C(c3ccccc3)(c3ccccc3)c3ccccc3)cn2)cc1. The van der Waals surface area contributed by atoms with E-state index in [9.17, 15) is 4.79 Å². The lowest BCUT2D eigenvalue weighted by atomic mass is 9.77. The summed E-state index contributed by atoms with van der Waals surface area (Å²) in [6.45, 7) is 2.45. The second-order valence-corrected chi connectivity index (χ2v) is 9.33. The molecule has 0 aliphatic heterocycles. The van der Waals surface area contributed by atoms with Crippen molar-refractivity contribution >= 4 is 5.78 Å². The van der Waals surface area contributed by atoms with Crippen LogP contribution in [0.3, 0.4) is 0 Å². The summed E-state index contributed by atoms with van der Waals surface area (Å²) < 4.78 is 8.17. The third-order valence-corrected chi connectivity index (χ3v) is 6.94. The lowest BCUT2D eigenvalue weighted by molar-refractivity contribution is 0.0988. The highest BCUT2D eigenvalue weighted by Crippen LogP contribution is 2.40. The number of ketones is 1. The average Bonchev–Trinajstić information content (AvgIpc) is 3.46. The lowest BCUT2D eigenvalue weighted by Gasteiger charge is -2.37. The maximum Gasteiger partial charge on any atom is 0.162 e. The van der Waals surface area contributed by atoms with Crippen molar-refractivity contribution in [1.29, 1.82) is 0 Å². The molecule has 0 N–H and O–H groups in total. The van der Waals surface area contributed by atoms with Gasteiger partial charge in [0.05, 0.1) is 18.6 Å². The normalized spacial score (nSPS) is 11.3. The summed E-state index contributed by atoms with van der Waals surface area (Å²) >= 11 is 0. The molecule has 5 aromatic rings. The van der Waals surface area contributed by atoms with Crippen LogP contribution in [0.15, 0.2) is 128 Å². The van der Waals surface area contributed by atoms with E-state index in [1.807, 2.05) is 37.5 Å². The van der Waals surface area contributed by atoms with E-state index in [0.29, 0.717) is 13.0 Å². The van der Waals surface area contributed by atoms with Crippen molar-refractivity contribution in [3.63, 3.8) is 0 Å². The first-order chi connectivity index (χ1) is 18.7. The summed E-state index contributed by atoms with van der Waals surface area (Å²) in [7, 11) is 0.